The van der Waals surface area contributed by atoms with Gasteiger partial charge in [0.05, 0.1) is 6.04 Å². The highest BCUT2D eigenvalue weighted by Gasteiger charge is 2.44. The third kappa shape index (κ3) is 2.17. The van der Waals surface area contributed by atoms with Gasteiger partial charge >= 0.3 is 6.09 Å². The van der Waals surface area contributed by atoms with Crippen LogP contribution in [0.1, 0.15) is 40.5 Å². The van der Waals surface area contributed by atoms with Crippen molar-refractivity contribution in [1.82, 2.24) is 10.2 Å². The summed E-state index contributed by atoms with van der Waals surface area (Å²) in [5.41, 5.74) is -0.398. The number of rotatable bonds is 0. The molecule has 0 spiro atoms. The molecule has 0 radical (unpaired) electrons. The number of hydrogen-bond donors (Lipinski definition) is 1. The van der Waals surface area contributed by atoms with Gasteiger partial charge in [-0.15, -0.1) is 0 Å². The van der Waals surface area contributed by atoms with E-state index in [0.29, 0.717) is 18.1 Å². The molecule has 2 saturated heterocycles. The summed E-state index contributed by atoms with van der Waals surface area (Å²) in [5, 5.41) is 3.44. The fraction of sp³-hybridized carbons (Fsp3) is 0.917. The smallest absolute Gasteiger partial charge is 0.410 e. The maximum atomic E-state index is 12.1. The first kappa shape index (κ1) is 11.7. The van der Waals surface area contributed by atoms with E-state index in [9.17, 15) is 4.79 Å². The van der Waals surface area contributed by atoms with E-state index >= 15 is 0 Å². The normalized spacial score (nSPS) is 34.0. The minimum atomic E-state index is -0.398. The second-order valence-electron chi connectivity index (χ2n) is 5.88. The molecule has 0 unspecified atom stereocenters. The minimum Gasteiger partial charge on any atom is -0.444 e. The number of ether oxygens (including phenoxy) is 1. The molecule has 2 rings (SSSR count). The third-order valence-corrected chi connectivity index (χ3v) is 3.40. The molecule has 2 bridgehead atoms. The Morgan fingerprint density at radius 2 is 2.06 bits per heavy atom. The van der Waals surface area contributed by atoms with E-state index < -0.39 is 5.60 Å². The summed E-state index contributed by atoms with van der Waals surface area (Å²) in [6, 6.07) is 1.02. The van der Waals surface area contributed by atoms with E-state index in [-0.39, 0.29) is 6.09 Å². The molecule has 4 nitrogen and oxygen atoms in total. The molecule has 0 aliphatic carbocycles. The molecule has 0 aromatic heterocycles. The maximum Gasteiger partial charge on any atom is 0.410 e. The molecule has 0 aromatic rings. The lowest BCUT2D eigenvalue weighted by molar-refractivity contribution is 0.00526. The molecule has 92 valence electrons. The molecule has 16 heavy (non-hydrogen) atoms. The van der Waals surface area contributed by atoms with Crippen LogP contribution in [0, 0.1) is 0 Å². The van der Waals surface area contributed by atoms with Crippen LogP contribution >= 0.6 is 0 Å². The van der Waals surface area contributed by atoms with Gasteiger partial charge < -0.3 is 10.1 Å². The van der Waals surface area contributed by atoms with Crippen molar-refractivity contribution in [3.8, 4) is 0 Å². The zero-order chi connectivity index (χ0) is 11.9. The van der Waals surface area contributed by atoms with Gasteiger partial charge in [0, 0.05) is 18.6 Å². The number of carbonyl (C=O) groups excluding carboxylic acids is 1. The Bertz CT molecular complexity index is 285. The maximum absolute atomic E-state index is 12.1. The van der Waals surface area contributed by atoms with Crippen molar-refractivity contribution >= 4 is 6.09 Å². The summed E-state index contributed by atoms with van der Waals surface area (Å²) in [5.74, 6) is 0. The van der Waals surface area contributed by atoms with E-state index in [0.717, 1.165) is 19.4 Å². The molecule has 0 aromatic carbocycles. The predicted molar refractivity (Wildman–Crippen MR) is 62.3 cm³/mol. The molecule has 2 fully saturated rings. The van der Waals surface area contributed by atoms with Crippen LogP contribution in [0.2, 0.25) is 0 Å². The van der Waals surface area contributed by atoms with Crippen molar-refractivity contribution in [1.29, 1.82) is 0 Å². The largest absolute Gasteiger partial charge is 0.444 e. The van der Waals surface area contributed by atoms with Crippen molar-refractivity contribution < 1.29 is 9.53 Å². The monoisotopic (exact) mass is 226 g/mol. The number of hydrogen-bond acceptors (Lipinski definition) is 3. The Morgan fingerprint density at radius 1 is 1.38 bits per heavy atom. The van der Waals surface area contributed by atoms with Crippen molar-refractivity contribution in [3.63, 3.8) is 0 Å². The number of carbonyl (C=O) groups is 1. The van der Waals surface area contributed by atoms with Gasteiger partial charge in [0.2, 0.25) is 0 Å². The van der Waals surface area contributed by atoms with Gasteiger partial charge in [-0.3, -0.25) is 4.90 Å². The number of fused-ring (bicyclic) bond motifs is 2. The van der Waals surface area contributed by atoms with Crippen LogP contribution in [0.3, 0.4) is 0 Å². The second kappa shape index (κ2) is 3.91. The highest BCUT2D eigenvalue weighted by molar-refractivity contribution is 5.69. The summed E-state index contributed by atoms with van der Waals surface area (Å²) in [6.45, 7) is 8.79. The van der Waals surface area contributed by atoms with E-state index in [1.807, 2.05) is 25.7 Å². The molecule has 3 atom stereocenters. The van der Waals surface area contributed by atoms with E-state index in [4.69, 9.17) is 4.74 Å². The predicted octanol–water partition coefficient (Wildman–Crippen LogP) is 1.75. The molecule has 1 N–H and O–H groups in total. The number of nitrogens with one attached hydrogen (secondary N) is 1. The fourth-order valence-corrected chi connectivity index (χ4v) is 2.66. The molecular weight excluding hydrogens is 204 g/mol. The lowest BCUT2D eigenvalue weighted by Gasteiger charge is -2.39. The van der Waals surface area contributed by atoms with Crippen LogP contribution in [-0.4, -0.2) is 41.3 Å². The van der Waals surface area contributed by atoms with E-state index in [1.54, 1.807) is 0 Å². The summed E-state index contributed by atoms with van der Waals surface area (Å²) in [4.78, 5) is 14.0. The first-order valence-electron chi connectivity index (χ1n) is 6.13. The lowest BCUT2D eigenvalue weighted by atomic mass is 10.1. The SMILES string of the molecule is C[C@@H]1NC[C@@H]2CC[C@H]1N2C(=O)OC(C)(C)C. The second-order valence-corrected chi connectivity index (χ2v) is 5.88. The lowest BCUT2D eigenvalue weighted by Crippen LogP contribution is -2.59. The number of nitrogens with zero attached hydrogens (tertiary/aromatic N) is 1. The molecule has 1 amide bonds. The van der Waals surface area contributed by atoms with Crippen molar-refractivity contribution in [2.75, 3.05) is 6.54 Å². The number of amides is 1. The molecule has 2 aliphatic rings. The van der Waals surface area contributed by atoms with Crippen molar-refractivity contribution in [3.05, 3.63) is 0 Å². The Labute approximate surface area is 97.3 Å². The van der Waals surface area contributed by atoms with E-state index in [1.165, 1.54) is 0 Å². The minimum absolute atomic E-state index is 0.145. The zero-order valence-electron chi connectivity index (χ0n) is 10.6. The topological polar surface area (TPSA) is 41.6 Å². The zero-order valence-corrected chi connectivity index (χ0v) is 10.6. The standard InChI is InChI=1S/C12H22N2O2/c1-8-10-6-5-9(7-13-8)14(10)11(15)16-12(2,3)4/h8-10,13H,5-7H2,1-4H3/t8-,9-,10+/m0/s1. The molecule has 0 saturated carbocycles. The quantitative estimate of drug-likeness (QED) is 0.684. The average molecular weight is 226 g/mol. The summed E-state index contributed by atoms with van der Waals surface area (Å²) >= 11 is 0. The third-order valence-electron chi connectivity index (χ3n) is 3.40. The first-order chi connectivity index (χ1) is 7.38. The van der Waals surface area contributed by atoms with Crippen LogP contribution in [0.5, 0.6) is 0 Å². The molecule has 2 heterocycles. The molecular formula is C12H22N2O2. The molecule has 4 heteroatoms. The first-order valence-corrected chi connectivity index (χ1v) is 6.13. The van der Waals surface area contributed by atoms with Crippen LogP contribution < -0.4 is 5.32 Å². The van der Waals surface area contributed by atoms with Gasteiger partial charge in [-0.25, -0.2) is 4.79 Å². The van der Waals surface area contributed by atoms with Gasteiger partial charge in [-0.05, 0) is 40.5 Å². The van der Waals surface area contributed by atoms with Gasteiger partial charge in [-0.2, -0.15) is 0 Å². The van der Waals surface area contributed by atoms with Gasteiger partial charge in [-0.1, -0.05) is 0 Å². The summed E-state index contributed by atoms with van der Waals surface area (Å²) in [7, 11) is 0. The fourth-order valence-electron chi connectivity index (χ4n) is 2.66. The van der Waals surface area contributed by atoms with Gasteiger partial charge in [0.1, 0.15) is 5.60 Å². The van der Waals surface area contributed by atoms with Crippen LogP contribution in [-0.2, 0) is 4.74 Å². The Hall–Kier alpha value is -0.770. The Kier molecular flexibility index (Phi) is 2.86. The van der Waals surface area contributed by atoms with Crippen LogP contribution in [0.15, 0.2) is 0 Å². The highest BCUT2D eigenvalue weighted by Crippen LogP contribution is 2.31. The average Bonchev–Trinajstić information content (AvgIpc) is 2.46. The highest BCUT2D eigenvalue weighted by atomic mass is 16.6. The Balaban J connectivity index is 2.07. The van der Waals surface area contributed by atoms with Crippen molar-refractivity contribution in [2.45, 2.75) is 64.3 Å². The van der Waals surface area contributed by atoms with Gasteiger partial charge in [0.25, 0.3) is 0 Å². The summed E-state index contributed by atoms with van der Waals surface area (Å²) < 4.78 is 5.47. The van der Waals surface area contributed by atoms with E-state index in [2.05, 4.69) is 12.2 Å². The molecule has 2 aliphatic heterocycles. The number of piperazine rings is 1. The van der Waals surface area contributed by atoms with Crippen LogP contribution in [0.4, 0.5) is 4.79 Å². The van der Waals surface area contributed by atoms with Crippen LogP contribution in [0.25, 0.3) is 0 Å². The van der Waals surface area contributed by atoms with Gasteiger partial charge in [0.15, 0.2) is 0 Å². The summed E-state index contributed by atoms with van der Waals surface area (Å²) in [6.07, 6.45) is 2.05. The Morgan fingerprint density at radius 3 is 2.69 bits per heavy atom. The van der Waals surface area contributed by atoms with Crippen molar-refractivity contribution in [2.24, 2.45) is 0 Å².